The van der Waals surface area contributed by atoms with Gasteiger partial charge in [0.15, 0.2) is 6.29 Å². The molecule has 0 spiro atoms. The summed E-state index contributed by atoms with van der Waals surface area (Å²) in [4.78, 5) is 25.5. The van der Waals surface area contributed by atoms with Crippen LogP contribution in [0.25, 0.3) is 5.69 Å². The third-order valence-electron chi connectivity index (χ3n) is 8.03. The quantitative estimate of drug-likeness (QED) is 0.212. The number of thioether (sulfide) groups is 1. The lowest BCUT2D eigenvalue weighted by Crippen LogP contribution is -2.48. The van der Waals surface area contributed by atoms with Crippen LogP contribution in [0.4, 0.5) is 18.9 Å². The summed E-state index contributed by atoms with van der Waals surface area (Å²) in [5.41, 5.74) is 3.14. The van der Waals surface area contributed by atoms with Crippen molar-refractivity contribution in [3.63, 3.8) is 0 Å². The average molecular weight is 685 g/mol. The monoisotopic (exact) mass is 684 g/mol. The van der Waals surface area contributed by atoms with Gasteiger partial charge in [-0.3, -0.25) is 9.59 Å². The number of ether oxygens (including phenoxy) is 2. The smallest absolute Gasteiger partial charge is 0.471 e. The van der Waals surface area contributed by atoms with Crippen molar-refractivity contribution < 1.29 is 42.4 Å². The highest BCUT2D eigenvalue weighted by Crippen LogP contribution is 2.40. The maximum atomic E-state index is 13.1. The number of tetrazole rings is 1. The van der Waals surface area contributed by atoms with Crippen LogP contribution in [0.1, 0.15) is 48.3 Å². The first-order valence-electron chi connectivity index (χ1n) is 15.1. The van der Waals surface area contributed by atoms with Gasteiger partial charge in [0.25, 0.3) is 0 Å². The zero-order valence-electron chi connectivity index (χ0n) is 25.3. The maximum Gasteiger partial charge on any atom is 0.471 e. The van der Waals surface area contributed by atoms with Gasteiger partial charge in [-0.2, -0.15) is 17.9 Å². The SMILES string of the molecule is O=C(Nc1cccc([C@@H]2O[C@H](CSc3nnnn3-c3ccc(O)cc3)C[C@H](c3ccc(CO)cc3)O2)c1)[C@@H]1CCCN1C(=O)C(F)(F)F. The van der Waals surface area contributed by atoms with Gasteiger partial charge in [0, 0.05) is 30.0 Å². The zero-order chi connectivity index (χ0) is 33.8. The summed E-state index contributed by atoms with van der Waals surface area (Å²) >= 11 is 1.37. The van der Waals surface area contributed by atoms with E-state index in [-0.39, 0.29) is 37.8 Å². The topological polar surface area (TPSA) is 152 Å². The van der Waals surface area contributed by atoms with Crippen molar-refractivity contribution >= 4 is 29.3 Å². The second-order valence-corrected chi connectivity index (χ2v) is 12.3. The molecule has 0 radical (unpaired) electrons. The van der Waals surface area contributed by atoms with Crippen LogP contribution in [0.3, 0.4) is 0 Å². The lowest BCUT2D eigenvalue weighted by atomic mass is 10.0. The molecule has 3 heterocycles. The molecule has 3 aromatic carbocycles. The van der Waals surface area contributed by atoms with Gasteiger partial charge in [-0.1, -0.05) is 48.2 Å². The zero-order valence-corrected chi connectivity index (χ0v) is 26.1. The second kappa shape index (κ2) is 14.3. The predicted molar refractivity (Wildman–Crippen MR) is 166 cm³/mol. The number of aromatic hydroxyl groups is 1. The van der Waals surface area contributed by atoms with Crippen LogP contribution >= 0.6 is 11.8 Å². The van der Waals surface area contributed by atoms with Crippen molar-refractivity contribution in [3.8, 4) is 11.4 Å². The van der Waals surface area contributed by atoms with E-state index in [1.165, 1.54) is 23.9 Å². The number of hydrogen-bond donors (Lipinski definition) is 3. The van der Waals surface area contributed by atoms with Crippen molar-refractivity contribution in [1.82, 2.24) is 25.1 Å². The number of phenols is 1. The van der Waals surface area contributed by atoms with Crippen molar-refractivity contribution in [1.29, 1.82) is 0 Å². The first kappa shape index (κ1) is 33.4. The normalized spacial score (nSPS) is 21.3. The summed E-state index contributed by atoms with van der Waals surface area (Å²) in [7, 11) is 0. The van der Waals surface area contributed by atoms with E-state index in [0.29, 0.717) is 39.2 Å². The van der Waals surface area contributed by atoms with Crippen LogP contribution in [0.15, 0.2) is 78.0 Å². The number of amides is 2. The molecule has 4 aromatic rings. The average Bonchev–Trinajstić information content (AvgIpc) is 3.77. The minimum Gasteiger partial charge on any atom is -0.508 e. The first-order chi connectivity index (χ1) is 23.1. The summed E-state index contributed by atoms with van der Waals surface area (Å²) in [6.45, 7) is -0.254. The van der Waals surface area contributed by atoms with Crippen molar-refractivity contribution in [2.75, 3.05) is 17.6 Å². The Bertz CT molecular complexity index is 1740. The molecule has 16 heteroatoms. The number of benzene rings is 3. The van der Waals surface area contributed by atoms with E-state index < -0.39 is 36.4 Å². The number of aliphatic hydroxyl groups excluding tert-OH is 1. The number of aromatic nitrogens is 4. The van der Waals surface area contributed by atoms with Crippen LogP contribution in [-0.4, -0.2) is 77.8 Å². The van der Waals surface area contributed by atoms with E-state index in [1.54, 1.807) is 41.1 Å². The number of hydrogen-bond acceptors (Lipinski definition) is 10. The number of aliphatic hydroxyl groups is 1. The molecule has 1 aromatic heterocycles. The van der Waals surface area contributed by atoms with Crippen LogP contribution in [0.2, 0.25) is 0 Å². The molecule has 2 fully saturated rings. The fraction of sp³-hybridized carbons (Fsp3) is 0.344. The summed E-state index contributed by atoms with van der Waals surface area (Å²) in [5, 5.41) is 34.3. The number of anilines is 1. The number of alkyl halides is 3. The lowest BCUT2D eigenvalue weighted by Gasteiger charge is -2.36. The predicted octanol–water partition coefficient (Wildman–Crippen LogP) is 4.69. The van der Waals surface area contributed by atoms with E-state index in [0.717, 1.165) is 11.1 Å². The molecule has 12 nitrogen and oxygen atoms in total. The van der Waals surface area contributed by atoms with Crippen LogP contribution < -0.4 is 5.32 Å². The molecule has 4 atom stereocenters. The molecule has 2 saturated heterocycles. The fourth-order valence-corrected chi connectivity index (χ4v) is 6.56. The number of rotatable bonds is 9. The van der Waals surface area contributed by atoms with Gasteiger partial charge in [0.2, 0.25) is 11.1 Å². The van der Waals surface area contributed by atoms with Gasteiger partial charge in [-0.25, -0.2) is 0 Å². The molecule has 252 valence electrons. The molecule has 48 heavy (non-hydrogen) atoms. The maximum absolute atomic E-state index is 13.1. The van der Waals surface area contributed by atoms with Gasteiger partial charge in [-0.05, 0) is 70.8 Å². The molecule has 0 aliphatic carbocycles. The van der Waals surface area contributed by atoms with Crippen molar-refractivity contribution in [2.24, 2.45) is 0 Å². The molecule has 0 saturated carbocycles. The second-order valence-electron chi connectivity index (χ2n) is 11.3. The van der Waals surface area contributed by atoms with E-state index in [2.05, 4.69) is 20.8 Å². The molecule has 3 N–H and O–H groups in total. The number of phenolic OH excluding ortho intramolecular Hbond substituents is 1. The van der Waals surface area contributed by atoms with Gasteiger partial charge < -0.3 is 29.9 Å². The number of carbonyl (C=O) groups is 2. The third kappa shape index (κ3) is 7.62. The van der Waals surface area contributed by atoms with E-state index in [9.17, 15) is 33.0 Å². The first-order valence-corrected chi connectivity index (χ1v) is 16.1. The van der Waals surface area contributed by atoms with E-state index in [1.807, 2.05) is 24.3 Å². The van der Waals surface area contributed by atoms with Gasteiger partial charge >= 0.3 is 12.1 Å². The Morgan fingerprint density at radius 3 is 2.52 bits per heavy atom. The summed E-state index contributed by atoms with van der Waals surface area (Å²) in [5.74, 6) is -2.20. The van der Waals surface area contributed by atoms with Crippen LogP contribution in [-0.2, 0) is 25.7 Å². The van der Waals surface area contributed by atoms with Gasteiger partial charge in [-0.15, -0.1) is 5.10 Å². The van der Waals surface area contributed by atoms with Crippen LogP contribution in [0.5, 0.6) is 5.75 Å². The highest BCUT2D eigenvalue weighted by Gasteiger charge is 2.47. The summed E-state index contributed by atoms with van der Waals surface area (Å²) in [6, 6.07) is 19.2. The molecular weight excluding hydrogens is 653 g/mol. The highest BCUT2D eigenvalue weighted by molar-refractivity contribution is 7.99. The molecule has 0 bridgehead atoms. The van der Waals surface area contributed by atoms with Gasteiger partial charge in [0.1, 0.15) is 11.8 Å². The number of likely N-dealkylation sites (tertiary alicyclic amines) is 1. The Morgan fingerprint density at radius 2 is 1.79 bits per heavy atom. The highest BCUT2D eigenvalue weighted by atomic mass is 32.2. The molecule has 0 unspecified atom stereocenters. The molecule has 6 rings (SSSR count). The largest absolute Gasteiger partial charge is 0.508 e. The number of nitrogens with zero attached hydrogens (tertiary/aromatic N) is 5. The summed E-state index contributed by atoms with van der Waals surface area (Å²) < 4.78 is 53.7. The van der Waals surface area contributed by atoms with Crippen molar-refractivity contribution in [2.45, 2.75) is 61.7 Å². The van der Waals surface area contributed by atoms with Crippen LogP contribution in [0, 0.1) is 0 Å². The number of nitrogens with one attached hydrogen (secondary N) is 1. The minimum atomic E-state index is -5.07. The molecule has 2 aliphatic rings. The summed E-state index contributed by atoms with van der Waals surface area (Å²) in [6.07, 6.45) is -5.84. The standard InChI is InChI=1S/C32H31F3N6O6S/c33-32(34,35)30(45)40-14-2-5-26(40)28(44)36-22-4-1-3-21(15-22)29-46-25(16-27(47-29)20-8-6-19(17-42)7-9-20)18-48-31-37-38-39-41(31)23-10-12-24(43)13-11-23/h1,3-4,6-13,15,25-27,29,42-43H,2,5,14,16-18H2,(H,36,44)/t25-,26-,27+,29+/m0/s1. The Labute approximate surface area is 276 Å². The molecule has 2 aliphatic heterocycles. The fourth-order valence-electron chi connectivity index (χ4n) is 5.65. The number of carbonyl (C=O) groups excluding carboxylic acids is 2. The Balaban J connectivity index is 1.19. The Kier molecular flexibility index (Phi) is 9.96. The molecule has 2 amide bonds. The van der Waals surface area contributed by atoms with E-state index >= 15 is 0 Å². The third-order valence-corrected chi connectivity index (χ3v) is 9.08. The Morgan fingerprint density at radius 1 is 1.02 bits per heavy atom. The minimum absolute atomic E-state index is 0.103. The lowest BCUT2D eigenvalue weighted by molar-refractivity contribution is -0.245. The van der Waals surface area contributed by atoms with Crippen molar-refractivity contribution in [3.05, 3.63) is 89.5 Å². The molecular formula is C32H31F3N6O6S. The van der Waals surface area contributed by atoms with E-state index in [4.69, 9.17) is 9.47 Å². The Hall–Kier alpha value is -4.51. The number of halogens is 3. The van der Waals surface area contributed by atoms with Gasteiger partial charge in [0.05, 0.1) is 24.5 Å².